The molecule has 0 aliphatic carbocycles. The molecule has 0 aromatic heterocycles. The summed E-state index contributed by atoms with van der Waals surface area (Å²) in [6.07, 6.45) is -4.04. The Hall–Kier alpha value is -1.75. The Labute approximate surface area is 125 Å². The number of hydrogen-bond donors (Lipinski definition) is 0. The van der Waals surface area contributed by atoms with Crippen LogP contribution in [0.25, 0.3) is 0 Å². The summed E-state index contributed by atoms with van der Waals surface area (Å²) in [7, 11) is 0. The van der Waals surface area contributed by atoms with Crippen molar-refractivity contribution >= 4 is 18.0 Å². The summed E-state index contributed by atoms with van der Waals surface area (Å²) in [4.78, 5) is 10.8. The Bertz CT molecular complexity index is 650. The molecule has 0 atom stereocenters. The number of aryl methyl sites for hydroxylation is 1. The van der Waals surface area contributed by atoms with Crippen molar-refractivity contribution in [2.45, 2.75) is 23.7 Å². The molecule has 0 bridgehead atoms. The van der Waals surface area contributed by atoms with Crippen LogP contribution < -0.4 is 0 Å². The van der Waals surface area contributed by atoms with Crippen molar-refractivity contribution < 1.29 is 18.0 Å². The normalized spacial score (nSPS) is 11.4. The Morgan fingerprint density at radius 1 is 1.14 bits per heavy atom. The van der Waals surface area contributed by atoms with Crippen LogP contribution in [0.5, 0.6) is 0 Å². The van der Waals surface area contributed by atoms with Gasteiger partial charge in [-0.05, 0) is 30.2 Å². The van der Waals surface area contributed by atoms with Gasteiger partial charge in [0.1, 0.15) is 6.29 Å². The van der Waals surface area contributed by atoms with Crippen LogP contribution in [0.1, 0.15) is 27.0 Å². The van der Waals surface area contributed by atoms with Crippen molar-refractivity contribution in [1.29, 1.82) is 0 Å². The zero-order chi connectivity index (χ0) is 15.5. The van der Waals surface area contributed by atoms with E-state index in [1.54, 1.807) is 0 Å². The van der Waals surface area contributed by atoms with Crippen molar-refractivity contribution in [3.63, 3.8) is 0 Å². The van der Waals surface area contributed by atoms with Crippen LogP contribution in [0.3, 0.4) is 0 Å². The number of rotatable bonds is 4. The maximum atomic E-state index is 13.0. The van der Waals surface area contributed by atoms with Gasteiger partial charge in [0.05, 0.1) is 5.56 Å². The maximum absolute atomic E-state index is 13.0. The number of benzene rings is 2. The monoisotopic (exact) mass is 310 g/mol. The molecule has 0 saturated heterocycles. The van der Waals surface area contributed by atoms with Gasteiger partial charge in [0.15, 0.2) is 0 Å². The number of hydrogen-bond acceptors (Lipinski definition) is 2. The highest BCUT2D eigenvalue weighted by atomic mass is 32.2. The molecule has 0 spiro atoms. The maximum Gasteiger partial charge on any atom is 0.417 e. The predicted molar refractivity (Wildman–Crippen MR) is 77.6 cm³/mol. The lowest BCUT2D eigenvalue weighted by molar-refractivity contribution is -0.139. The molecule has 0 saturated carbocycles. The molecule has 110 valence electrons. The van der Waals surface area contributed by atoms with Crippen molar-refractivity contribution in [1.82, 2.24) is 0 Å². The summed E-state index contributed by atoms with van der Waals surface area (Å²) in [5.74, 6) is 0.455. The van der Waals surface area contributed by atoms with Gasteiger partial charge in [-0.2, -0.15) is 13.2 Å². The molecule has 0 unspecified atom stereocenters. The Morgan fingerprint density at radius 3 is 2.48 bits per heavy atom. The minimum absolute atomic E-state index is 0.0302. The summed E-state index contributed by atoms with van der Waals surface area (Å²) in [5, 5.41) is 0. The van der Waals surface area contributed by atoms with Gasteiger partial charge in [0.25, 0.3) is 0 Å². The van der Waals surface area contributed by atoms with Gasteiger partial charge in [-0.25, -0.2) is 0 Å². The molecule has 0 amide bonds. The molecule has 5 heteroatoms. The van der Waals surface area contributed by atoms with E-state index in [0.29, 0.717) is 12.0 Å². The Kier molecular flexibility index (Phi) is 4.73. The van der Waals surface area contributed by atoms with E-state index < -0.39 is 11.7 Å². The molecule has 21 heavy (non-hydrogen) atoms. The highest BCUT2D eigenvalue weighted by molar-refractivity contribution is 7.98. The molecular weight excluding hydrogens is 297 g/mol. The van der Waals surface area contributed by atoms with Gasteiger partial charge >= 0.3 is 6.18 Å². The summed E-state index contributed by atoms with van der Waals surface area (Å²) in [6, 6.07) is 11.2. The smallest absolute Gasteiger partial charge is 0.298 e. The van der Waals surface area contributed by atoms with Crippen LogP contribution in [0, 0.1) is 6.92 Å². The number of carbonyl (C=O) groups excluding carboxylic acids is 1. The molecule has 0 aliphatic rings. The first-order chi connectivity index (χ1) is 9.91. The number of carbonyl (C=O) groups is 1. The van der Waals surface area contributed by atoms with E-state index in [4.69, 9.17) is 0 Å². The van der Waals surface area contributed by atoms with E-state index in [1.165, 1.54) is 12.1 Å². The molecule has 2 rings (SSSR count). The quantitative estimate of drug-likeness (QED) is 0.576. The molecule has 0 N–H and O–H groups in total. The fourth-order valence-corrected chi connectivity index (χ4v) is 3.03. The van der Waals surface area contributed by atoms with Crippen LogP contribution in [0.15, 0.2) is 47.4 Å². The van der Waals surface area contributed by atoms with Crippen LogP contribution in [-0.2, 0) is 11.9 Å². The van der Waals surface area contributed by atoms with Gasteiger partial charge in [0, 0.05) is 16.2 Å². The Balaban J connectivity index is 2.28. The second kappa shape index (κ2) is 6.35. The van der Waals surface area contributed by atoms with E-state index in [0.717, 1.165) is 29.0 Å². The number of aldehydes is 1. The molecule has 2 aromatic rings. The number of alkyl halides is 3. The van der Waals surface area contributed by atoms with Gasteiger partial charge in [0.2, 0.25) is 0 Å². The first-order valence-corrected chi connectivity index (χ1v) is 7.24. The van der Waals surface area contributed by atoms with Gasteiger partial charge < -0.3 is 0 Å². The minimum Gasteiger partial charge on any atom is -0.298 e. The predicted octanol–water partition coefficient (Wildman–Crippen LogP) is 5.12. The third kappa shape index (κ3) is 3.88. The zero-order valence-corrected chi connectivity index (χ0v) is 12.1. The Morgan fingerprint density at radius 2 is 1.86 bits per heavy atom. The molecule has 1 nitrogen and oxygen atoms in total. The van der Waals surface area contributed by atoms with Crippen LogP contribution >= 0.6 is 11.8 Å². The summed E-state index contributed by atoms with van der Waals surface area (Å²) in [5.41, 5.74) is 1.31. The second-order valence-electron chi connectivity index (χ2n) is 4.59. The lowest BCUT2D eigenvalue weighted by Gasteiger charge is -2.13. The van der Waals surface area contributed by atoms with Crippen LogP contribution in [0.2, 0.25) is 0 Å². The van der Waals surface area contributed by atoms with E-state index in [2.05, 4.69) is 0 Å². The van der Waals surface area contributed by atoms with Crippen LogP contribution in [-0.4, -0.2) is 6.29 Å². The van der Waals surface area contributed by atoms with E-state index >= 15 is 0 Å². The topological polar surface area (TPSA) is 17.1 Å². The third-order valence-electron chi connectivity index (χ3n) is 3.09. The lowest BCUT2D eigenvalue weighted by atomic mass is 10.1. The average Bonchev–Trinajstić information content (AvgIpc) is 2.45. The molecule has 0 radical (unpaired) electrons. The average molecular weight is 310 g/mol. The summed E-state index contributed by atoms with van der Waals surface area (Å²) >= 11 is 1.12. The van der Waals surface area contributed by atoms with Crippen molar-refractivity contribution in [3.8, 4) is 0 Å². The van der Waals surface area contributed by atoms with Crippen molar-refractivity contribution in [2.75, 3.05) is 0 Å². The molecule has 0 fully saturated rings. The standard InChI is InChI=1S/C16H13F3OS/c1-11-4-2-3-5-13(11)10-21-15-7-6-12(9-20)8-14(15)16(17,18)19/h2-9H,10H2,1H3. The van der Waals surface area contributed by atoms with Gasteiger partial charge in [-0.15, -0.1) is 11.8 Å². The van der Waals surface area contributed by atoms with E-state index in [9.17, 15) is 18.0 Å². The largest absolute Gasteiger partial charge is 0.417 e. The highest BCUT2D eigenvalue weighted by Crippen LogP contribution is 2.38. The fraction of sp³-hybridized carbons (Fsp3) is 0.188. The zero-order valence-electron chi connectivity index (χ0n) is 11.3. The van der Waals surface area contributed by atoms with Crippen molar-refractivity contribution in [3.05, 3.63) is 64.7 Å². The summed E-state index contributed by atoms with van der Waals surface area (Å²) in [6.45, 7) is 1.93. The van der Waals surface area contributed by atoms with E-state index in [1.807, 2.05) is 31.2 Å². The highest BCUT2D eigenvalue weighted by Gasteiger charge is 2.33. The lowest BCUT2D eigenvalue weighted by Crippen LogP contribution is -2.07. The van der Waals surface area contributed by atoms with Gasteiger partial charge in [-0.1, -0.05) is 30.3 Å². The molecule has 2 aromatic carbocycles. The molecule has 0 aliphatic heterocycles. The van der Waals surface area contributed by atoms with Gasteiger partial charge in [-0.3, -0.25) is 4.79 Å². The van der Waals surface area contributed by atoms with Crippen molar-refractivity contribution in [2.24, 2.45) is 0 Å². The SMILES string of the molecule is Cc1ccccc1CSc1ccc(C=O)cc1C(F)(F)F. The summed E-state index contributed by atoms with van der Waals surface area (Å²) < 4.78 is 39.1. The first-order valence-electron chi connectivity index (χ1n) is 6.25. The molecular formula is C16H13F3OS. The molecule has 0 heterocycles. The third-order valence-corrected chi connectivity index (χ3v) is 4.21. The second-order valence-corrected chi connectivity index (χ2v) is 5.60. The number of thioether (sulfide) groups is 1. The first kappa shape index (κ1) is 15.6. The number of halogens is 3. The fourth-order valence-electron chi connectivity index (χ4n) is 1.90. The van der Waals surface area contributed by atoms with E-state index in [-0.39, 0.29) is 10.5 Å². The van der Waals surface area contributed by atoms with Crippen LogP contribution in [0.4, 0.5) is 13.2 Å². The minimum atomic E-state index is -4.47.